The summed E-state index contributed by atoms with van der Waals surface area (Å²) >= 11 is 6.57. The fourth-order valence-electron chi connectivity index (χ4n) is 3.04. The quantitative estimate of drug-likeness (QED) is 0.570. The smallest absolute Gasteiger partial charge is 0.239 e. The van der Waals surface area contributed by atoms with Crippen LogP contribution >= 0.6 is 24.0 Å². The van der Waals surface area contributed by atoms with E-state index < -0.39 is 0 Å². The molecule has 1 aliphatic heterocycles. The Labute approximate surface area is 137 Å². The first-order valence-corrected chi connectivity index (χ1v) is 8.42. The summed E-state index contributed by atoms with van der Waals surface area (Å²) in [4.78, 5) is 12.0. The minimum absolute atomic E-state index is 0.0204. The number of thioether (sulfide) groups is 1. The third-order valence-electron chi connectivity index (χ3n) is 4.04. The Balaban J connectivity index is 1.92. The molecule has 108 valence electrons. The molecule has 1 N–H and O–H groups in total. The van der Waals surface area contributed by atoms with E-state index >= 15 is 0 Å². The number of benzene rings is 3. The average Bonchev–Trinajstić information content (AvgIpc) is 2.84. The molecule has 4 heteroatoms. The van der Waals surface area contributed by atoms with Gasteiger partial charge in [0.15, 0.2) is 0 Å². The summed E-state index contributed by atoms with van der Waals surface area (Å²) in [5, 5.41) is 7.45. The van der Waals surface area contributed by atoms with E-state index in [4.69, 9.17) is 12.2 Å². The highest BCUT2D eigenvalue weighted by atomic mass is 32.2. The number of thiocarbonyl (C=S) groups is 1. The SMILES string of the molecule is O=C1NC(=S)SC1Cc1c2ccccc2cc2ccccc12. The van der Waals surface area contributed by atoms with Crippen molar-refractivity contribution in [2.75, 3.05) is 0 Å². The van der Waals surface area contributed by atoms with Crippen molar-refractivity contribution in [3.63, 3.8) is 0 Å². The van der Waals surface area contributed by atoms with Gasteiger partial charge in [0, 0.05) is 0 Å². The van der Waals surface area contributed by atoms with E-state index in [9.17, 15) is 4.79 Å². The standard InChI is InChI=1S/C18H13NOS2/c20-17-16(22-18(21)19-17)10-15-13-7-3-1-5-11(13)9-12-6-2-4-8-14(12)15/h1-9,16H,10H2,(H,19,20,21). The molecule has 1 unspecified atom stereocenters. The van der Waals surface area contributed by atoms with E-state index in [1.54, 1.807) is 0 Å². The summed E-state index contributed by atoms with van der Waals surface area (Å²) in [6, 6.07) is 18.9. The van der Waals surface area contributed by atoms with Crippen molar-refractivity contribution in [2.45, 2.75) is 11.7 Å². The zero-order valence-electron chi connectivity index (χ0n) is 11.7. The van der Waals surface area contributed by atoms with E-state index in [0.717, 1.165) is 0 Å². The molecule has 3 aromatic carbocycles. The van der Waals surface area contributed by atoms with Gasteiger partial charge in [0.25, 0.3) is 0 Å². The third-order valence-corrected chi connectivity index (χ3v) is 5.41. The van der Waals surface area contributed by atoms with Crippen LogP contribution in [-0.4, -0.2) is 15.5 Å². The molecule has 3 aromatic rings. The monoisotopic (exact) mass is 323 g/mol. The van der Waals surface area contributed by atoms with Crippen molar-refractivity contribution >= 4 is 55.8 Å². The van der Waals surface area contributed by atoms with Gasteiger partial charge in [-0.1, -0.05) is 72.5 Å². The van der Waals surface area contributed by atoms with Crippen molar-refractivity contribution in [1.82, 2.24) is 5.32 Å². The van der Waals surface area contributed by atoms with Crippen molar-refractivity contribution in [2.24, 2.45) is 0 Å². The molecular formula is C18H13NOS2. The molecule has 0 radical (unpaired) electrons. The summed E-state index contributed by atoms with van der Waals surface area (Å²) < 4.78 is 0.583. The highest BCUT2D eigenvalue weighted by molar-refractivity contribution is 8.24. The topological polar surface area (TPSA) is 29.1 Å². The molecule has 22 heavy (non-hydrogen) atoms. The van der Waals surface area contributed by atoms with Crippen LogP contribution in [0.5, 0.6) is 0 Å². The number of amides is 1. The van der Waals surface area contributed by atoms with E-state index in [2.05, 4.69) is 35.6 Å². The number of carbonyl (C=O) groups excluding carboxylic acids is 1. The van der Waals surface area contributed by atoms with Crippen molar-refractivity contribution in [3.05, 3.63) is 60.2 Å². The van der Waals surface area contributed by atoms with Gasteiger partial charge in [-0.05, 0) is 39.6 Å². The molecule has 1 heterocycles. The Bertz CT molecular complexity index is 865. The predicted octanol–water partition coefficient (Wildman–Crippen LogP) is 4.05. The molecule has 2 nitrogen and oxygen atoms in total. The summed E-state index contributed by atoms with van der Waals surface area (Å²) in [5.41, 5.74) is 1.23. The summed E-state index contributed by atoms with van der Waals surface area (Å²) in [6.07, 6.45) is 0.693. The predicted molar refractivity (Wildman–Crippen MR) is 97.3 cm³/mol. The van der Waals surface area contributed by atoms with Gasteiger partial charge in [-0.15, -0.1) is 0 Å². The number of carbonyl (C=O) groups is 1. The summed E-state index contributed by atoms with van der Waals surface area (Å²) in [7, 11) is 0. The van der Waals surface area contributed by atoms with Gasteiger partial charge in [-0.2, -0.15) is 0 Å². The molecular weight excluding hydrogens is 310 g/mol. The Kier molecular flexibility index (Phi) is 3.36. The molecule has 4 rings (SSSR count). The van der Waals surface area contributed by atoms with Gasteiger partial charge in [-0.3, -0.25) is 4.79 Å². The van der Waals surface area contributed by atoms with Gasteiger partial charge >= 0.3 is 0 Å². The van der Waals surface area contributed by atoms with Crippen LogP contribution in [0.25, 0.3) is 21.5 Å². The lowest BCUT2D eigenvalue weighted by molar-refractivity contribution is -0.118. The van der Waals surface area contributed by atoms with Crippen LogP contribution in [0.2, 0.25) is 0 Å². The second kappa shape index (κ2) is 5.38. The lowest BCUT2D eigenvalue weighted by Crippen LogP contribution is -2.25. The normalized spacial score (nSPS) is 18.1. The number of hydrogen-bond acceptors (Lipinski definition) is 3. The second-order valence-corrected chi connectivity index (χ2v) is 7.26. The van der Waals surface area contributed by atoms with Crippen LogP contribution in [-0.2, 0) is 11.2 Å². The first kappa shape index (κ1) is 13.7. The maximum atomic E-state index is 12.0. The largest absolute Gasteiger partial charge is 0.311 e. The molecule has 0 aliphatic carbocycles. The van der Waals surface area contributed by atoms with Crippen molar-refractivity contribution < 1.29 is 4.79 Å². The fourth-order valence-corrected chi connectivity index (χ4v) is 4.32. The van der Waals surface area contributed by atoms with E-state index in [0.29, 0.717) is 10.7 Å². The van der Waals surface area contributed by atoms with E-state index in [1.807, 2.05) is 24.3 Å². The molecule has 1 saturated heterocycles. The Morgan fingerprint density at radius 1 is 1.00 bits per heavy atom. The van der Waals surface area contributed by atoms with Crippen LogP contribution in [0.4, 0.5) is 0 Å². The maximum Gasteiger partial charge on any atom is 0.239 e. The number of hydrogen-bond donors (Lipinski definition) is 1. The molecule has 0 spiro atoms. The maximum absolute atomic E-state index is 12.0. The first-order valence-electron chi connectivity index (χ1n) is 7.13. The van der Waals surface area contributed by atoms with Gasteiger partial charge in [-0.25, -0.2) is 0 Å². The Morgan fingerprint density at radius 3 is 2.14 bits per heavy atom. The molecule has 0 aromatic heterocycles. The number of rotatable bonds is 2. The van der Waals surface area contributed by atoms with Gasteiger partial charge in [0.05, 0.1) is 5.25 Å². The van der Waals surface area contributed by atoms with Gasteiger partial charge < -0.3 is 5.32 Å². The van der Waals surface area contributed by atoms with Crippen molar-refractivity contribution in [1.29, 1.82) is 0 Å². The van der Waals surface area contributed by atoms with Gasteiger partial charge in [0.2, 0.25) is 5.91 Å². The van der Waals surface area contributed by atoms with Crippen LogP contribution in [0, 0.1) is 0 Å². The minimum Gasteiger partial charge on any atom is -0.311 e. The van der Waals surface area contributed by atoms with Crippen LogP contribution in [0.15, 0.2) is 54.6 Å². The average molecular weight is 323 g/mol. The molecule has 0 bridgehead atoms. The molecule has 1 fully saturated rings. The first-order chi connectivity index (χ1) is 10.7. The molecule has 1 aliphatic rings. The lowest BCUT2D eigenvalue weighted by Gasteiger charge is -2.13. The number of nitrogens with one attached hydrogen (secondary N) is 1. The second-order valence-electron chi connectivity index (χ2n) is 5.38. The Hall–Kier alpha value is -1.91. The number of fused-ring (bicyclic) bond motifs is 2. The Morgan fingerprint density at radius 2 is 1.59 bits per heavy atom. The molecule has 0 saturated carbocycles. The summed E-state index contributed by atoms with van der Waals surface area (Å²) in [6.45, 7) is 0. The van der Waals surface area contributed by atoms with Crippen LogP contribution in [0.1, 0.15) is 5.56 Å². The lowest BCUT2D eigenvalue weighted by atomic mass is 9.94. The highest BCUT2D eigenvalue weighted by Gasteiger charge is 2.30. The van der Waals surface area contributed by atoms with E-state index in [1.165, 1.54) is 38.9 Å². The van der Waals surface area contributed by atoms with Gasteiger partial charge in [0.1, 0.15) is 4.32 Å². The fraction of sp³-hybridized carbons (Fsp3) is 0.111. The van der Waals surface area contributed by atoms with Crippen molar-refractivity contribution in [3.8, 4) is 0 Å². The third kappa shape index (κ3) is 2.28. The zero-order chi connectivity index (χ0) is 15.1. The van der Waals surface area contributed by atoms with Crippen LogP contribution < -0.4 is 5.32 Å². The summed E-state index contributed by atoms with van der Waals surface area (Å²) in [5.74, 6) is 0.0204. The highest BCUT2D eigenvalue weighted by Crippen LogP contribution is 2.32. The zero-order valence-corrected chi connectivity index (χ0v) is 13.3. The minimum atomic E-state index is -0.137. The molecule has 1 atom stereocenters. The molecule has 1 amide bonds. The van der Waals surface area contributed by atoms with E-state index in [-0.39, 0.29) is 11.2 Å². The van der Waals surface area contributed by atoms with Crippen LogP contribution in [0.3, 0.4) is 0 Å².